The van der Waals surface area contributed by atoms with E-state index in [0.717, 1.165) is 6.42 Å². The van der Waals surface area contributed by atoms with Gasteiger partial charge in [0.05, 0.1) is 0 Å². The Hall–Kier alpha value is -0.300. The van der Waals surface area contributed by atoms with Gasteiger partial charge < -0.3 is 5.11 Å². The summed E-state index contributed by atoms with van der Waals surface area (Å²) in [6.45, 7) is 6.48. The van der Waals surface area contributed by atoms with Crippen molar-refractivity contribution in [3.05, 3.63) is 11.6 Å². The molecule has 0 aliphatic rings. The fourth-order valence-electron chi connectivity index (χ4n) is 0.656. The van der Waals surface area contributed by atoms with Gasteiger partial charge in [0.2, 0.25) is 0 Å². The molecule has 1 N–H and O–H groups in total. The van der Waals surface area contributed by atoms with E-state index in [9.17, 15) is 0 Å². The fraction of sp³-hybridized carbons (Fsp3) is 0.750. The van der Waals surface area contributed by atoms with Crippen LogP contribution in [0.3, 0.4) is 0 Å². The van der Waals surface area contributed by atoms with Gasteiger partial charge in [-0.2, -0.15) is 0 Å². The molecule has 0 aromatic carbocycles. The van der Waals surface area contributed by atoms with Gasteiger partial charge in [-0.3, -0.25) is 0 Å². The summed E-state index contributed by atoms with van der Waals surface area (Å²) < 4.78 is 0. The molecule has 0 radical (unpaired) electrons. The molecule has 0 aromatic heterocycles. The van der Waals surface area contributed by atoms with E-state index in [1.807, 2.05) is 6.92 Å². The SMILES string of the molecule is CC/C(C)=C/[C@@H](C)CO. The summed E-state index contributed by atoms with van der Waals surface area (Å²) in [5, 5.41) is 8.63. The summed E-state index contributed by atoms with van der Waals surface area (Å²) in [6.07, 6.45) is 3.20. The van der Waals surface area contributed by atoms with Crippen molar-refractivity contribution in [2.45, 2.75) is 27.2 Å². The molecule has 54 valence electrons. The molecule has 0 spiro atoms. The molecule has 0 aliphatic heterocycles. The van der Waals surface area contributed by atoms with Gasteiger partial charge in [0.1, 0.15) is 0 Å². The first-order valence-electron chi connectivity index (χ1n) is 3.48. The Morgan fingerprint density at radius 1 is 1.67 bits per heavy atom. The van der Waals surface area contributed by atoms with E-state index in [1.54, 1.807) is 0 Å². The highest BCUT2D eigenvalue weighted by Gasteiger charge is 1.93. The van der Waals surface area contributed by atoms with E-state index in [0.29, 0.717) is 5.92 Å². The van der Waals surface area contributed by atoms with Crippen molar-refractivity contribution in [1.29, 1.82) is 0 Å². The van der Waals surface area contributed by atoms with Crippen LogP contribution >= 0.6 is 0 Å². The van der Waals surface area contributed by atoms with Gasteiger partial charge in [-0.05, 0) is 19.3 Å². The molecule has 0 aliphatic carbocycles. The van der Waals surface area contributed by atoms with Crippen molar-refractivity contribution >= 4 is 0 Å². The van der Waals surface area contributed by atoms with Crippen molar-refractivity contribution in [3.63, 3.8) is 0 Å². The van der Waals surface area contributed by atoms with Crippen LogP contribution in [0.1, 0.15) is 27.2 Å². The number of allylic oxidation sites excluding steroid dienone is 1. The van der Waals surface area contributed by atoms with Gasteiger partial charge in [-0.15, -0.1) is 0 Å². The van der Waals surface area contributed by atoms with Crippen LogP contribution in [0.4, 0.5) is 0 Å². The Morgan fingerprint density at radius 3 is 2.56 bits per heavy atom. The number of aliphatic hydroxyl groups is 1. The van der Waals surface area contributed by atoms with Gasteiger partial charge in [0.25, 0.3) is 0 Å². The molecule has 0 fully saturated rings. The van der Waals surface area contributed by atoms with Crippen LogP contribution in [0, 0.1) is 5.92 Å². The number of aliphatic hydroxyl groups excluding tert-OH is 1. The molecule has 0 saturated carbocycles. The summed E-state index contributed by atoms with van der Waals surface area (Å²) in [6, 6.07) is 0. The van der Waals surface area contributed by atoms with E-state index in [1.165, 1.54) is 5.57 Å². The minimum Gasteiger partial charge on any atom is -0.396 e. The Morgan fingerprint density at radius 2 is 2.22 bits per heavy atom. The third kappa shape index (κ3) is 4.22. The first-order valence-corrected chi connectivity index (χ1v) is 3.48. The van der Waals surface area contributed by atoms with E-state index >= 15 is 0 Å². The van der Waals surface area contributed by atoms with E-state index in [-0.39, 0.29) is 6.61 Å². The molecule has 0 rings (SSSR count). The molecule has 0 heterocycles. The lowest BCUT2D eigenvalue weighted by Crippen LogP contribution is -1.96. The van der Waals surface area contributed by atoms with E-state index in [4.69, 9.17) is 5.11 Å². The second kappa shape index (κ2) is 4.57. The number of hydrogen-bond donors (Lipinski definition) is 1. The Kier molecular flexibility index (Phi) is 4.41. The predicted octanol–water partition coefficient (Wildman–Crippen LogP) is 1.97. The maximum Gasteiger partial charge on any atom is 0.0491 e. The van der Waals surface area contributed by atoms with Crippen molar-refractivity contribution in [3.8, 4) is 0 Å². The quantitative estimate of drug-likeness (QED) is 0.576. The second-order valence-corrected chi connectivity index (χ2v) is 2.53. The predicted molar refractivity (Wildman–Crippen MR) is 40.3 cm³/mol. The Labute approximate surface area is 57.4 Å². The standard InChI is InChI=1S/C8H16O/c1-4-7(2)5-8(3)6-9/h5,8-9H,4,6H2,1-3H3/b7-5+/t8-/m1/s1. The highest BCUT2D eigenvalue weighted by atomic mass is 16.3. The molecule has 1 heteroatoms. The third-order valence-corrected chi connectivity index (χ3v) is 1.41. The molecule has 0 amide bonds. The molecule has 0 bridgehead atoms. The second-order valence-electron chi connectivity index (χ2n) is 2.53. The normalized spacial score (nSPS) is 15.8. The van der Waals surface area contributed by atoms with Crippen molar-refractivity contribution in [2.24, 2.45) is 5.92 Å². The Bertz CT molecular complexity index is 94.7. The summed E-state index contributed by atoms with van der Waals surface area (Å²) >= 11 is 0. The van der Waals surface area contributed by atoms with Gasteiger partial charge in [-0.1, -0.05) is 25.5 Å². The zero-order chi connectivity index (χ0) is 7.28. The average molecular weight is 128 g/mol. The largest absolute Gasteiger partial charge is 0.396 e. The average Bonchev–Trinajstić information content (AvgIpc) is 1.87. The molecule has 0 aromatic rings. The molecule has 0 unspecified atom stereocenters. The van der Waals surface area contributed by atoms with Gasteiger partial charge in [0.15, 0.2) is 0 Å². The zero-order valence-electron chi connectivity index (χ0n) is 6.52. The maximum absolute atomic E-state index is 8.63. The molecular formula is C8H16O. The van der Waals surface area contributed by atoms with Gasteiger partial charge in [0, 0.05) is 6.61 Å². The lowest BCUT2D eigenvalue weighted by atomic mass is 10.1. The van der Waals surface area contributed by atoms with E-state index < -0.39 is 0 Å². The number of rotatable bonds is 3. The highest BCUT2D eigenvalue weighted by molar-refractivity contribution is 4.98. The molecule has 1 nitrogen and oxygen atoms in total. The molecule has 1 atom stereocenters. The van der Waals surface area contributed by atoms with Crippen molar-refractivity contribution in [2.75, 3.05) is 6.61 Å². The Balaban J connectivity index is 3.64. The van der Waals surface area contributed by atoms with Crippen molar-refractivity contribution in [1.82, 2.24) is 0 Å². The van der Waals surface area contributed by atoms with Crippen LogP contribution in [0.2, 0.25) is 0 Å². The fourth-order valence-corrected chi connectivity index (χ4v) is 0.656. The molecule has 9 heavy (non-hydrogen) atoms. The van der Waals surface area contributed by atoms with Crippen LogP contribution < -0.4 is 0 Å². The molecular weight excluding hydrogens is 112 g/mol. The highest BCUT2D eigenvalue weighted by Crippen LogP contribution is 2.04. The summed E-state index contributed by atoms with van der Waals surface area (Å²) in [5.74, 6) is 0.324. The minimum atomic E-state index is 0.261. The summed E-state index contributed by atoms with van der Waals surface area (Å²) in [7, 11) is 0. The zero-order valence-corrected chi connectivity index (χ0v) is 6.52. The van der Waals surface area contributed by atoms with Crippen LogP contribution in [0.15, 0.2) is 11.6 Å². The van der Waals surface area contributed by atoms with Crippen LogP contribution in [0.25, 0.3) is 0 Å². The monoisotopic (exact) mass is 128 g/mol. The first kappa shape index (κ1) is 8.70. The summed E-state index contributed by atoms with van der Waals surface area (Å²) in [4.78, 5) is 0. The van der Waals surface area contributed by atoms with Crippen molar-refractivity contribution < 1.29 is 5.11 Å². The summed E-state index contributed by atoms with van der Waals surface area (Å²) in [5.41, 5.74) is 1.36. The number of hydrogen-bond acceptors (Lipinski definition) is 1. The van der Waals surface area contributed by atoms with Crippen LogP contribution in [-0.2, 0) is 0 Å². The smallest absolute Gasteiger partial charge is 0.0491 e. The lowest BCUT2D eigenvalue weighted by Gasteiger charge is -2.01. The van der Waals surface area contributed by atoms with Crippen LogP contribution in [-0.4, -0.2) is 11.7 Å². The first-order chi connectivity index (χ1) is 4.20. The lowest BCUT2D eigenvalue weighted by molar-refractivity contribution is 0.261. The topological polar surface area (TPSA) is 20.2 Å². The van der Waals surface area contributed by atoms with E-state index in [2.05, 4.69) is 19.9 Å². The van der Waals surface area contributed by atoms with Gasteiger partial charge in [-0.25, -0.2) is 0 Å². The third-order valence-electron chi connectivity index (χ3n) is 1.41. The van der Waals surface area contributed by atoms with Crippen LogP contribution in [0.5, 0.6) is 0 Å². The molecule has 0 saturated heterocycles. The maximum atomic E-state index is 8.63. The minimum absolute atomic E-state index is 0.261. The van der Waals surface area contributed by atoms with Gasteiger partial charge >= 0.3 is 0 Å².